The second-order valence-electron chi connectivity index (χ2n) is 3.19. The smallest absolute Gasteiger partial charge is 0.185 e. The first kappa shape index (κ1) is 11.1. The summed E-state index contributed by atoms with van der Waals surface area (Å²) in [5, 5.41) is 0.197. The van der Waals surface area contributed by atoms with Gasteiger partial charge in [0, 0.05) is 18.4 Å². The fourth-order valence-electron chi connectivity index (χ4n) is 1.18. The number of nitrogen functional groups attached to an aromatic ring is 1. The normalized spacial score (nSPS) is 10.1. The van der Waals surface area contributed by atoms with Gasteiger partial charge in [-0.3, -0.25) is 4.79 Å². The first-order valence-electron chi connectivity index (χ1n) is 4.66. The molecule has 0 radical (unpaired) electrons. The molecule has 0 heterocycles. The van der Waals surface area contributed by atoms with Gasteiger partial charge in [-0.25, -0.2) is 0 Å². The van der Waals surface area contributed by atoms with E-state index in [4.69, 9.17) is 5.73 Å². The van der Waals surface area contributed by atoms with E-state index in [0.717, 1.165) is 24.3 Å². The maximum Gasteiger partial charge on any atom is 0.185 e. The van der Waals surface area contributed by atoms with E-state index in [9.17, 15) is 4.79 Å². The van der Waals surface area contributed by atoms with Crippen molar-refractivity contribution in [3.8, 4) is 0 Å². The zero-order chi connectivity index (χ0) is 10.4. The lowest BCUT2D eigenvalue weighted by atomic mass is 10.1. The highest BCUT2D eigenvalue weighted by Crippen LogP contribution is 2.10. The van der Waals surface area contributed by atoms with Crippen LogP contribution in [0.15, 0.2) is 24.3 Å². The number of carbonyl (C=O) groups excluding carboxylic acids is 1. The molecule has 2 N–H and O–H groups in total. The molecule has 0 unspecified atom stereocenters. The summed E-state index contributed by atoms with van der Waals surface area (Å²) in [5.74, 6) is 0.902. The van der Waals surface area contributed by atoms with Crippen molar-refractivity contribution in [1.82, 2.24) is 0 Å². The molecule has 0 amide bonds. The van der Waals surface area contributed by atoms with E-state index >= 15 is 0 Å². The number of thioether (sulfide) groups is 1. The highest BCUT2D eigenvalue weighted by molar-refractivity contribution is 8.13. The molecule has 0 aromatic heterocycles. The Morgan fingerprint density at radius 2 is 2.00 bits per heavy atom. The molecule has 0 fully saturated rings. The van der Waals surface area contributed by atoms with Gasteiger partial charge in [-0.2, -0.15) is 0 Å². The van der Waals surface area contributed by atoms with Gasteiger partial charge < -0.3 is 5.73 Å². The van der Waals surface area contributed by atoms with Gasteiger partial charge in [-0.05, 0) is 30.5 Å². The van der Waals surface area contributed by atoms with Gasteiger partial charge in [-0.1, -0.05) is 23.9 Å². The summed E-state index contributed by atoms with van der Waals surface area (Å²) in [6.07, 6.45) is 2.05. The molecule has 0 spiro atoms. The van der Waals surface area contributed by atoms with Gasteiger partial charge in [0.1, 0.15) is 0 Å². The van der Waals surface area contributed by atoms with Gasteiger partial charge in [-0.15, -0.1) is 0 Å². The molecule has 0 aliphatic heterocycles. The summed E-state index contributed by atoms with van der Waals surface area (Å²) in [6, 6.07) is 7.89. The van der Waals surface area contributed by atoms with Gasteiger partial charge in [0.15, 0.2) is 5.12 Å². The average molecular weight is 209 g/mol. The summed E-state index contributed by atoms with van der Waals surface area (Å²) < 4.78 is 0. The minimum atomic E-state index is 0.197. The fraction of sp³-hybridized carbons (Fsp3) is 0.364. The monoisotopic (exact) mass is 209 g/mol. The van der Waals surface area contributed by atoms with Crippen LogP contribution in [0.5, 0.6) is 0 Å². The molecule has 0 atom stereocenters. The Labute approximate surface area is 88.9 Å². The van der Waals surface area contributed by atoms with Crippen LogP contribution >= 0.6 is 11.8 Å². The summed E-state index contributed by atoms with van der Waals surface area (Å²) in [6.45, 7) is 1.61. The minimum absolute atomic E-state index is 0.197. The predicted molar refractivity (Wildman–Crippen MR) is 62.3 cm³/mol. The first-order chi connectivity index (χ1) is 6.68. The summed E-state index contributed by atoms with van der Waals surface area (Å²) >= 11 is 1.39. The van der Waals surface area contributed by atoms with E-state index in [0.29, 0.717) is 0 Å². The van der Waals surface area contributed by atoms with Crippen LogP contribution in [-0.2, 0) is 11.2 Å². The predicted octanol–water partition coefficient (Wildman–Crippen LogP) is 2.48. The highest BCUT2D eigenvalue weighted by Gasteiger charge is 1.96. The average Bonchev–Trinajstić information content (AvgIpc) is 2.15. The molecule has 0 aliphatic rings. The van der Waals surface area contributed by atoms with Crippen LogP contribution in [0.4, 0.5) is 5.69 Å². The molecule has 1 aromatic carbocycles. The summed E-state index contributed by atoms with van der Waals surface area (Å²) in [5.41, 5.74) is 7.65. The zero-order valence-corrected chi connectivity index (χ0v) is 9.14. The molecular weight excluding hydrogens is 194 g/mol. The van der Waals surface area contributed by atoms with Crippen LogP contribution in [0.2, 0.25) is 0 Å². The van der Waals surface area contributed by atoms with E-state index < -0.39 is 0 Å². The number of benzene rings is 1. The third-order valence-electron chi connectivity index (χ3n) is 1.89. The van der Waals surface area contributed by atoms with Crippen molar-refractivity contribution >= 4 is 22.6 Å². The van der Waals surface area contributed by atoms with Gasteiger partial charge >= 0.3 is 0 Å². The molecule has 2 nitrogen and oxygen atoms in total. The SMILES string of the molecule is CC(=O)SCCCc1ccc(N)cc1. The van der Waals surface area contributed by atoms with Crippen LogP contribution in [0.25, 0.3) is 0 Å². The van der Waals surface area contributed by atoms with Crippen LogP contribution in [0, 0.1) is 0 Å². The van der Waals surface area contributed by atoms with E-state index in [1.54, 1.807) is 6.92 Å². The molecule has 0 aliphatic carbocycles. The van der Waals surface area contributed by atoms with Crippen LogP contribution in [0.1, 0.15) is 18.9 Å². The second kappa shape index (κ2) is 5.70. The Hall–Kier alpha value is -0.960. The van der Waals surface area contributed by atoms with Gasteiger partial charge in [0.25, 0.3) is 0 Å². The minimum Gasteiger partial charge on any atom is -0.399 e. The van der Waals surface area contributed by atoms with Crippen LogP contribution in [0.3, 0.4) is 0 Å². The van der Waals surface area contributed by atoms with Crippen molar-refractivity contribution in [2.24, 2.45) is 0 Å². The van der Waals surface area contributed by atoms with E-state index in [2.05, 4.69) is 0 Å². The van der Waals surface area contributed by atoms with Crippen molar-refractivity contribution in [2.75, 3.05) is 11.5 Å². The van der Waals surface area contributed by atoms with Crippen LogP contribution < -0.4 is 5.73 Å². The molecule has 0 saturated heterocycles. The topological polar surface area (TPSA) is 43.1 Å². The maximum absolute atomic E-state index is 10.6. The Kier molecular flexibility index (Phi) is 4.53. The van der Waals surface area contributed by atoms with Gasteiger partial charge in [0.05, 0.1) is 0 Å². The number of hydrogen-bond acceptors (Lipinski definition) is 3. The molecule has 76 valence electrons. The number of carbonyl (C=O) groups is 1. The third kappa shape index (κ3) is 4.33. The number of nitrogens with two attached hydrogens (primary N) is 1. The second-order valence-corrected chi connectivity index (χ2v) is 4.46. The number of aryl methyl sites for hydroxylation is 1. The molecule has 3 heteroatoms. The lowest BCUT2D eigenvalue weighted by Gasteiger charge is -2.00. The zero-order valence-electron chi connectivity index (χ0n) is 8.32. The summed E-state index contributed by atoms with van der Waals surface area (Å²) in [4.78, 5) is 10.6. The molecule has 0 saturated carbocycles. The van der Waals surface area contributed by atoms with Crippen molar-refractivity contribution in [3.05, 3.63) is 29.8 Å². The van der Waals surface area contributed by atoms with Crippen molar-refractivity contribution in [1.29, 1.82) is 0 Å². The number of rotatable bonds is 4. The maximum atomic E-state index is 10.6. The van der Waals surface area contributed by atoms with Crippen LogP contribution in [-0.4, -0.2) is 10.9 Å². The van der Waals surface area contributed by atoms with E-state index in [-0.39, 0.29) is 5.12 Å². The number of anilines is 1. The molecule has 0 bridgehead atoms. The van der Waals surface area contributed by atoms with Crippen molar-refractivity contribution in [3.63, 3.8) is 0 Å². The van der Waals surface area contributed by atoms with E-state index in [1.807, 2.05) is 24.3 Å². The quantitative estimate of drug-likeness (QED) is 0.612. The van der Waals surface area contributed by atoms with Gasteiger partial charge in [0.2, 0.25) is 0 Å². The highest BCUT2D eigenvalue weighted by atomic mass is 32.2. The molecule has 1 rings (SSSR count). The third-order valence-corrected chi connectivity index (χ3v) is 2.79. The largest absolute Gasteiger partial charge is 0.399 e. The Bertz CT molecular complexity index is 295. The number of hydrogen-bond donors (Lipinski definition) is 1. The molecule has 1 aromatic rings. The molecule has 14 heavy (non-hydrogen) atoms. The Morgan fingerprint density at radius 1 is 1.36 bits per heavy atom. The van der Waals surface area contributed by atoms with E-state index in [1.165, 1.54) is 17.3 Å². The standard InChI is InChI=1S/C11H15NOS/c1-9(13)14-8-2-3-10-4-6-11(12)7-5-10/h4-7H,2-3,8,12H2,1H3. The summed E-state index contributed by atoms with van der Waals surface area (Å²) in [7, 11) is 0. The Balaban J connectivity index is 2.25. The van der Waals surface area contributed by atoms with Crippen molar-refractivity contribution < 1.29 is 4.79 Å². The lowest BCUT2D eigenvalue weighted by Crippen LogP contribution is -1.91. The fourth-order valence-corrected chi connectivity index (χ4v) is 1.75. The van der Waals surface area contributed by atoms with Crippen molar-refractivity contribution in [2.45, 2.75) is 19.8 Å². The lowest BCUT2D eigenvalue weighted by molar-refractivity contribution is -0.109. The molecular formula is C11H15NOS. The Morgan fingerprint density at radius 3 is 2.57 bits per heavy atom. The first-order valence-corrected chi connectivity index (χ1v) is 5.65.